The van der Waals surface area contributed by atoms with E-state index in [4.69, 9.17) is 5.11 Å². The summed E-state index contributed by atoms with van der Waals surface area (Å²) >= 11 is 3.25. The van der Waals surface area contributed by atoms with Crippen LogP contribution >= 0.6 is 15.9 Å². The molecule has 0 aliphatic rings. The van der Waals surface area contributed by atoms with Crippen LogP contribution in [0.4, 0.5) is 0 Å². The zero-order valence-electron chi connectivity index (χ0n) is 7.61. The number of carbonyl (C=O) groups is 1. The van der Waals surface area contributed by atoms with Gasteiger partial charge in [-0.3, -0.25) is 4.79 Å². The number of hydrogen-bond donors (Lipinski definition) is 1. The lowest BCUT2D eigenvalue weighted by atomic mass is 9.96. The van der Waals surface area contributed by atoms with Gasteiger partial charge in [-0.2, -0.15) is 0 Å². The number of alkyl halides is 1. The smallest absolute Gasteiger partial charge is 0.325 e. The van der Waals surface area contributed by atoms with E-state index in [2.05, 4.69) is 22.5 Å². The molecule has 1 rings (SSSR count). The number of rotatable bonds is 4. The Balaban J connectivity index is 3.12. The Labute approximate surface area is 91.4 Å². The summed E-state index contributed by atoms with van der Waals surface area (Å²) in [5.74, 6) is -0.899. The number of aliphatic carboxylic acids is 1. The highest BCUT2D eigenvalue weighted by atomic mass is 79.9. The molecule has 0 amide bonds. The number of allylic oxidation sites excluding steroid dienone is 1. The molecule has 0 radical (unpaired) electrons. The van der Waals surface area contributed by atoms with E-state index in [1.54, 1.807) is 18.2 Å². The largest absolute Gasteiger partial charge is 0.480 e. The van der Waals surface area contributed by atoms with Crippen LogP contribution in [0.15, 0.2) is 43.0 Å². The van der Waals surface area contributed by atoms with E-state index in [1.807, 2.05) is 18.2 Å². The highest BCUT2D eigenvalue weighted by Gasteiger charge is 2.35. The molecule has 0 spiro atoms. The molecule has 1 aromatic carbocycles. The predicted molar refractivity (Wildman–Crippen MR) is 59.5 cm³/mol. The third-order valence-electron chi connectivity index (χ3n) is 2.00. The van der Waals surface area contributed by atoms with Crippen LogP contribution in [-0.4, -0.2) is 11.1 Å². The van der Waals surface area contributed by atoms with Gasteiger partial charge in [-0.25, -0.2) is 0 Å². The second kappa shape index (κ2) is 4.42. The Bertz CT molecular complexity index is 334. The van der Waals surface area contributed by atoms with Gasteiger partial charge in [0.05, 0.1) is 0 Å². The molecule has 3 heteroatoms. The highest BCUT2D eigenvalue weighted by molar-refractivity contribution is 9.10. The predicted octanol–water partition coefficient (Wildman–Crippen LogP) is 2.94. The fourth-order valence-corrected chi connectivity index (χ4v) is 1.72. The average molecular weight is 255 g/mol. The number of hydrogen-bond acceptors (Lipinski definition) is 1. The number of carboxylic acids is 1. The van der Waals surface area contributed by atoms with Crippen LogP contribution in [0.3, 0.4) is 0 Å². The quantitative estimate of drug-likeness (QED) is 0.663. The molecule has 0 bridgehead atoms. The molecule has 74 valence electrons. The Morgan fingerprint density at radius 3 is 2.50 bits per heavy atom. The van der Waals surface area contributed by atoms with E-state index < -0.39 is 10.3 Å². The second-order valence-electron chi connectivity index (χ2n) is 2.97. The Morgan fingerprint density at radius 1 is 1.50 bits per heavy atom. The van der Waals surface area contributed by atoms with E-state index in [0.29, 0.717) is 6.42 Å². The van der Waals surface area contributed by atoms with Crippen molar-refractivity contribution in [3.05, 3.63) is 48.6 Å². The third kappa shape index (κ3) is 2.04. The van der Waals surface area contributed by atoms with Crippen molar-refractivity contribution in [1.82, 2.24) is 0 Å². The zero-order valence-corrected chi connectivity index (χ0v) is 9.20. The molecule has 0 heterocycles. The molecule has 0 fully saturated rings. The Morgan fingerprint density at radius 2 is 2.07 bits per heavy atom. The van der Waals surface area contributed by atoms with E-state index >= 15 is 0 Å². The van der Waals surface area contributed by atoms with E-state index in [9.17, 15) is 4.79 Å². The first-order chi connectivity index (χ1) is 6.61. The molecule has 1 N–H and O–H groups in total. The Kier molecular flexibility index (Phi) is 3.47. The maximum absolute atomic E-state index is 11.1. The van der Waals surface area contributed by atoms with Crippen molar-refractivity contribution < 1.29 is 9.90 Å². The minimum Gasteiger partial charge on any atom is -0.480 e. The molecule has 0 aliphatic heterocycles. The highest BCUT2D eigenvalue weighted by Crippen LogP contribution is 2.35. The van der Waals surface area contributed by atoms with Gasteiger partial charge in [-0.05, 0) is 12.0 Å². The Hall–Kier alpha value is -1.09. The standard InChI is InChI=1S/C11H11BrO2/c1-2-8-11(12,10(13)14)9-6-4-3-5-7-9/h2-7H,1,8H2,(H,13,14). The lowest BCUT2D eigenvalue weighted by Crippen LogP contribution is -2.28. The van der Waals surface area contributed by atoms with E-state index in [1.165, 1.54) is 0 Å². The van der Waals surface area contributed by atoms with Crippen molar-refractivity contribution in [2.75, 3.05) is 0 Å². The van der Waals surface area contributed by atoms with Gasteiger partial charge in [-0.15, -0.1) is 6.58 Å². The number of benzene rings is 1. The average Bonchev–Trinajstić information content (AvgIpc) is 2.19. The first-order valence-electron chi connectivity index (χ1n) is 4.20. The molecule has 14 heavy (non-hydrogen) atoms. The summed E-state index contributed by atoms with van der Waals surface area (Å²) in [5, 5.41) is 9.12. The molecule has 0 aromatic heterocycles. The topological polar surface area (TPSA) is 37.3 Å². The normalized spacial score (nSPS) is 14.4. The van der Waals surface area contributed by atoms with Crippen LogP contribution in [0, 0.1) is 0 Å². The van der Waals surface area contributed by atoms with Crippen LogP contribution in [0.25, 0.3) is 0 Å². The van der Waals surface area contributed by atoms with Gasteiger partial charge in [0.15, 0.2) is 4.32 Å². The van der Waals surface area contributed by atoms with Crippen molar-refractivity contribution in [3.8, 4) is 0 Å². The molecule has 1 unspecified atom stereocenters. The molecule has 0 saturated carbocycles. The van der Waals surface area contributed by atoms with Crippen molar-refractivity contribution >= 4 is 21.9 Å². The van der Waals surface area contributed by atoms with Gasteiger partial charge in [0.25, 0.3) is 0 Å². The van der Waals surface area contributed by atoms with Crippen LogP contribution in [0.5, 0.6) is 0 Å². The van der Waals surface area contributed by atoms with Gasteiger partial charge in [0.2, 0.25) is 0 Å². The molecule has 2 nitrogen and oxygen atoms in total. The minimum atomic E-state index is -1.05. The first kappa shape index (κ1) is 11.0. The molecule has 0 aliphatic carbocycles. The van der Waals surface area contributed by atoms with Crippen LogP contribution in [0.1, 0.15) is 12.0 Å². The lowest BCUT2D eigenvalue weighted by molar-refractivity contribution is -0.139. The second-order valence-corrected chi connectivity index (χ2v) is 4.32. The number of carboxylic acid groups (broad SMARTS) is 1. The van der Waals surface area contributed by atoms with E-state index in [-0.39, 0.29) is 0 Å². The SMILES string of the molecule is C=CCC(Br)(C(=O)O)c1ccccc1. The van der Waals surface area contributed by atoms with Crippen molar-refractivity contribution in [1.29, 1.82) is 0 Å². The summed E-state index contributed by atoms with van der Waals surface area (Å²) < 4.78 is -1.05. The minimum absolute atomic E-state index is 0.354. The fraction of sp³-hybridized carbons (Fsp3) is 0.182. The first-order valence-corrected chi connectivity index (χ1v) is 4.99. The molecule has 1 atom stereocenters. The van der Waals surface area contributed by atoms with Gasteiger partial charge in [-0.1, -0.05) is 52.3 Å². The van der Waals surface area contributed by atoms with Crippen LogP contribution in [0.2, 0.25) is 0 Å². The third-order valence-corrected chi connectivity index (χ3v) is 3.12. The molecule has 0 saturated heterocycles. The van der Waals surface area contributed by atoms with Gasteiger partial charge >= 0.3 is 5.97 Å². The maximum Gasteiger partial charge on any atom is 0.325 e. The monoisotopic (exact) mass is 254 g/mol. The summed E-state index contributed by atoms with van der Waals surface area (Å²) in [6.45, 7) is 3.56. The van der Waals surface area contributed by atoms with Gasteiger partial charge < -0.3 is 5.11 Å². The van der Waals surface area contributed by atoms with Gasteiger partial charge in [0.1, 0.15) is 0 Å². The van der Waals surface area contributed by atoms with Crippen LogP contribution in [-0.2, 0) is 9.12 Å². The van der Waals surface area contributed by atoms with E-state index in [0.717, 1.165) is 5.56 Å². The van der Waals surface area contributed by atoms with Crippen molar-refractivity contribution in [3.63, 3.8) is 0 Å². The maximum atomic E-state index is 11.1. The lowest BCUT2D eigenvalue weighted by Gasteiger charge is -2.21. The van der Waals surface area contributed by atoms with Crippen molar-refractivity contribution in [2.45, 2.75) is 10.7 Å². The zero-order chi connectivity index (χ0) is 10.6. The summed E-state index contributed by atoms with van der Waals surface area (Å²) in [5.41, 5.74) is 0.729. The van der Waals surface area contributed by atoms with Gasteiger partial charge in [0, 0.05) is 0 Å². The number of halogens is 1. The fourth-order valence-electron chi connectivity index (χ4n) is 1.23. The molecular formula is C11H11BrO2. The summed E-state index contributed by atoms with van der Waals surface area (Å²) in [6.07, 6.45) is 1.95. The molecular weight excluding hydrogens is 244 g/mol. The summed E-state index contributed by atoms with van der Waals surface area (Å²) in [6, 6.07) is 9.06. The van der Waals surface area contributed by atoms with Crippen molar-refractivity contribution in [2.24, 2.45) is 0 Å². The van der Waals surface area contributed by atoms with Crippen LogP contribution < -0.4 is 0 Å². The molecule has 1 aromatic rings. The summed E-state index contributed by atoms with van der Waals surface area (Å²) in [4.78, 5) is 11.1. The summed E-state index contributed by atoms with van der Waals surface area (Å²) in [7, 11) is 0.